The van der Waals surface area contributed by atoms with Crippen molar-refractivity contribution in [1.82, 2.24) is 9.78 Å². The number of aromatic nitrogens is 2. The van der Waals surface area contributed by atoms with Crippen molar-refractivity contribution < 1.29 is 4.39 Å². The molecule has 0 aliphatic heterocycles. The number of halogens is 2. The summed E-state index contributed by atoms with van der Waals surface area (Å²) in [6.07, 6.45) is 6.91. The van der Waals surface area contributed by atoms with E-state index in [0.29, 0.717) is 19.4 Å². The first-order chi connectivity index (χ1) is 6.18. The molecule has 1 fully saturated rings. The Morgan fingerprint density at radius 3 is 2.77 bits per heavy atom. The number of nitrogens with zero attached hydrogens (tertiary/aromatic N) is 2. The highest BCUT2D eigenvalue weighted by Gasteiger charge is 2.34. The summed E-state index contributed by atoms with van der Waals surface area (Å²) >= 11 is 3.29. The predicted molar refractivity (Wildman–Crippen MR) is 52.2 cm³/mol. The quantitative estimate of drug-likeness (QED) is 0.785. The Bertz CT molecular complexity index is 292. The molecule has 0 aromatic carbocycles. The van der Waals surface area contributed by atoms with Crippen molar-refractivity contribution in [3.63, 3.8) is 0 Å². The number of hydrogen-bond donors (Lipinski definition) is 0. The molecule has 1 heterocycles. The zero-order chi connectivity index (χ0) is 9.31. The van der Waals surface area contributed by atoms with Crippen molar-refractivity contribution >= 4 is 15.9 Å². The molecule has 4 heteroatoms. The molecule has 72 valence electrons. The molecule has 0 atom stereocenters. The fraction of sp³-hybridized carbons (Fsp3) is 0.667. The molecule has 1 saturated carbocycles. The van der Waals surface area contributed by atoms with E-state index in [4.69, 9.17) is 0 Å². The van der Waals surface area contributed by atoms with E-state index < -0.39 is 5.67 Å². The van der Waals surface area contributed by atoms with Crippen LogP contribution in [0.5, 0.6) is 0 Å². The molecule has 2 nitrogen and oxygen atoms in total. The topological polar surface area (TPSA) is 17.8 Å². The van der Waals surface area contributed by atoms with E-state index in [-0.39, 0.29) is 0 Å². The third-order valence-electron chi connectivity index (χ3n) is 2.55. The van der Waals surface area contributed by atoms with Crippen LogP contribution in [0.1, 0.15) is 25.7 Å². The Kier molecular flexibility index (Phi) is 2.41. The van der Waals surface area contributed by atoms with Crippen LogP contribution in [0.25, 0.3) is 0 Å². The molecule has 0 amide bonds. The fourth-order valence-corrected chi connectivity index (χ4v) is 2.21. The minimum atomic E-state index is -1.01. The van der Waals surface area contributed by atoms with Gasteiger partial charge in [0.25, 0.3) is 0 Å². The minimum Gasteiger partial charge on any atom is -0.268 e. The monoisotopic (exact) mass is 246 g/mol. The van der Waals surface area contributed by atoms with E-state index in [1.54, 1.807) is 10.9 Å². The van der Waals surface area contributed by atoms with Gasteiger partial charge in [-0.15, -0.1) is 0 Å². The largest absolute Gasteiger partial charge is 0.268 e. The molecule has 2 rings (SSSR count). The maximum absolute atomic E-state index is 13.9. The maximum atomic E-state index is 13.9. The van der Waals surface area contributed by atoms with Crippen LogP contribution < -0.4 is 0 Å². The Morgan fingerprint density at radius 2 is 2.23 bits per heavy atom. The van der Waals surface area contributed by atoms with Gasteiger partial charge in [0, 0.05) is 6.20 Å². The Morgan fingerprint density at radius 1 is 1.54 bits per heavy atom. The highest BCUT2D eigenvalue weighted by molar-refractivity contribution is 9.10. The van der Waals surface area contributed by atoms with Gasteiger partial charge >= 0.3 is 0 Å². The first-order valence-electron chi connectivity index (χ1n) is 4.55. The molecule has 0 radical (unpaired) electrons. The fourth-order valence-electron chi connectivity index (χ4n) is 1.88. The highest BCUT2D eigenvalue weighted by atomic mass is 79.9. The van der Waals surface area contributed by atoms with E-state index >= 15 is 0 Å². The minimum absolute atomic E-state index is 0.401. The van der Waals surface area contributed by atoms with Crippen LogP contribution in [0, 0.1) is 0 Å². The number of hydrogen-bond acceptors (Lipinski definition) is 1. The van der Waals surface area contributed by atoms with Crippen LogP contribution >= 0.6 is 15.9 Å². The van der Waals surface area contributed by atoms with Gasteiger partial charge in [-0.2, -0.15) is 5.10 Å². The zero-order valence-corrected chi connectivity index (χ0v) is 8.93. The SMILES string of the molecule is FC1(Cn2cc(Br)cn2)CCCC1. The van der Waals surface area contributed by atoms with Crippen LogP contribution in [0.2, 0.25) is 0 Å². The maximum Gasteiger partial charge on any atom is 0.130 e. The van der Waals surface area contributed by atoms with Gasteiger partial charge in [0.05, 0.1) is 17.2 Å². The van der Waals surface area contributed by atoms with Gasteiger partial charge < -0.3 is 0 Å². The third kappa shape index (κ3) is 2.10. The van der Waals surface area contributed by atoms with Gasteiger partial charge in [-0.25, -0.2) is 4.39 Å². The van der Waals surface area contributed by atoms with Gasteiger partial charge in [-0.05, 0) is 28.8 Å². The average molecular weight is 247 g/mol. The van der Waals surface area contributed by atoms with Crippen LogP contribution in [0.3, 0.4) is 0 Å². The first kappa shape index (κ1) is 9.19. The van der Waals surface area contributed by atoms with E-state index in [2.05, 4.69) is 21.0 Å². The average Bonchev–Trinajstić information content (AvgIpc) is 2.62. The van der Waals surface area contributed by atoms with Crippen LogP contribution in [0.4, 0.5) is 4.39 Å². The van der Waals surface area contributed by atoms with Crippen molar-refractivity contribution in [2.75, 3.05) is 0 Å². The van der Waals surface area contributed by atoms with Gasteiger partial charge in [0.15, 0.2) is 0 Å². The molecule has 0 N–H and O–H groups in total. The standard InChI is InChI=1S/C9H12BrFN2/c10-8-5-12-13(6-8)7-9(11)3-1-2-4-9/h5-6H,1-4,7H2. The molecule has 1 aliphatic rings. The van der Waals surface area contributed by atoms with Crippen molar-refractivity contribution in [2.45, 2.75) is 37.9 Å². The van der Waals surface area contributed by atoms with E-state index in [1.165, 1.54) is 0 Å². The number of alkyl halides is 1. The molecule has 0 unspecified atom stereocenters. The molecular weight excluding hydrogens is 235 g/mol. The molecule has 0 bridgehead atoms. The van der Waals surface area contributed by atoms with Gasteiger partial charge in [-0.1, -0.05) is 12.8 Å². The van der Waals surface area contributed by atoms with Crippen molar-refractivity contribution in [1.29, 1.82) is 0 Å². The van der Waals surface area contributed by atoms with Gasteiger partial charge in [0.1, 0.15) is 5.67 Å². The van der Waals surface area contributed by atoms with Crippen molar-refractivity contribution in [3.8, 4) is 0 Å². The molecule has 1 aromatic heterocycles. The summed E-state index contributed by atoms with van der Waals surface area (Å²) in [6, 6.07) is 0. The lowest BCUT2D eigenvalue weighted by Gasteiger charge is -2.18. The molecular formula is C9H12BrFN2. The highest BCUT2D eigenvalue weighted by Crippen LogP contribution is 2.34. The Labute approximate surface area is 85.3 Å². The second-order valence-electron chi connectivity index (χ2n) is 3.71. The van der Waals surface area contributed by atoms with Gasteiger partial charge in [-0.3, -0.25) is 4.68 Å². The summed E-state index contributed by atoms with van der Waals surface area (Å²) in [6.45, 7) is 0.401. The van der Waals surface area contributed by atoms with Crippen LogP contribution in [-0.4, -0.2) is 15.4 Å². The summed E-state index contributed by atoms with van der Waals surface area (Å²) in [5, 5.41) is 4.05. The molecule has 1 aromatic rings. The lowest BCUT2D eigenvalue weighted by molar-refractivity contribution is 0.139. The smallest absolute Gasteiger partial charge is 0.130 e. The molecule has 0 saturated heterocycles. The summed E-state index contributed by atoms with van der Waals surface area (Å²) in [7, 11) is 0. The Hall–Kier alpha value is -0.380. The normalized spacial score (nSPS) is 20.8. The zero-order valence-electron chi connectivity index (χ0n) is 7.34. The second-order valence-corrected chi connectivity index (χ2v) is 4.63. The number of rotatable bonds is 2. The molecule has 0 spiro atoms. The second kappa shape index (κ2) is 3.40. The summed E-state index contributed by atoms with van der Waals surface area (Å²) in [4.78, 5) is 0. The van der Waals surface area contributed by atoms with Crippen LogP contribution in [-0.2, 0) is 6.54 Å². The summed E-state index contributed by atoms with van der Waals surface area (Å²) < 4.78 is 16.5. The summed E-state index contributed by atoms with van der Waals surface area (Å²) in [5.41, 5.74) is -1.01. The first-order valence-corrected chi connectivity index (χ1v) is 5.34. The predicted octanol–water partition coefficient (Wildman–Crippen LogP) is 2.93. The molecule has 13 heavy (non-hydrogen) atoms. The van der Waals surface area contributed by atoms with E-state index in [9.17, 15) is 4.39 Å². The van der Waals surface area contributed by atoms with Crippen molar-refractivity contribution in [3.05, 3.63) is 16.9 Å². The van der Waals surface area contributed by atoms with E-state index in [0.717, 1.165) is 17.3 Å². The van der Waals surface area contributed by atoms with Crippen LogP contribution in [0.15, 0.2) is 16.9 Å². The lowest BCUT2D eigenvalue weighted by atomic mass is 10.1. The van der Waals surface area contributed by atoms with Crippen molar-refractivity contribution in [2.24, 2.45) is 0 Å². The summed E-state index contributed by atoms with van der Waals surface area (Å²) in [5.74, 6) is 0. The van der Waals surface area contributed by atoms with E-state index in [1.807, 2.05) is 6.20 Å². The third-order valence-corrected chi connectivity index (χ3v) is 2.96. The molecule has 1 aliphatic carbocycles. The lowest BCUT2D eigenvalue weighted by Crippen LogP contribution is -2.25. The Balaban J connectivity index is 2.04. The van der Waals surface area contributed by atoms with Gasteiger partial charge in [0.2, 0.25) is 0 Å².